The SMILES string of the molecule is O=C(C[Te+]1CCCC1)c1ccccc1.[Br-]. The van der Waals surface area contributed by atoms with Crippen molar-refractivity contribution in [3.8, 4) is 0 Å². The molecule has 1 aliphatic rings. The molecule has 1 aromatic carbocycles. The number of hydrogen-bond donors (Lipinski definition) is 0. The van der Waals surface area contributed by atoms with Gasteiger partial charge in [0.15, 0.2) is 0 Å². The molecule has 0 spiro atoms. The first kappa shape index (κ1) is 13.2. The molecule has 0 N–H and O–H groups in total. The fraction of sp³-hybridized carbons (Fsp3) is 0.417. The average molecular weight is 383 g/mol. The Morgan fingerprint density at radius 2 is 1.73 bits per heavy atom. The molecule has 0 bridgehead atoms. The molecule has 15 heavy (non-hydrogen) atoms. The van der Waals surface area contributed by atoms with E-state index in [1.165, 1.54) is 21.8 Å². The Hall–Kier alpha value is 0.160. The van der Waals surface area contributed by atoms with E-state index in [4.69, 9.17) is 0 Å². The summed E-state index contributed by atoms with van der Waals surface area (Å²) in [6, 6.07) is 9.75. The molecule has 0 aliphatic carbocycles. The molecular weight excluding hydrogens is 368 g/mol. The van der Waals surface area contributed by atoms with Crippen LogP contribution < -0.4 is 17.0 Å². The maximum Gasteiger partial charge on any atom is -1.00 e. The second-order valence-corrected chi connectivity index (χ2v) is 10.3. The van der Waals surface area contributed by atoms with E-state index >= 15 is 0 Å². The molecule has 1 fully saturated rings. The van der Waals surface area contributed by atoms with Gasteiger partial charge in [0, 0.05) is 0 Å². The van der Waals surface area contributed by atoms with Gasteiger partial charge in [0.25, 0.3) is 0 Å². The van der Waals surface area contributed by atoms with Crippen molar-refractivity contribution in [1.82, 2.24) is 0 Å². The Kier molecular flexibility index (Phi) is 5.89. The van der Waals surface area contributed by atoms with Gasteiger partial charge in [-0.3, -0.25) is 0 Å². The van der Waals surface area contributed by atoms with Crippen molar-refractivity contribution in [2.45, 2.75) is 26.2 Å². The molecule has 1 heterocycles. The molecule has 0 radical (unpaired) electrons. The summed E-state index contributed by atoms with van der Waals surface area (Å²) in [5.74, 6) is 0.393. The van der Waals surface area contributed by atoms with Crippen LogP contribution in [0.1, 0.15) is 23.2 Å². The minimum Gasteiger partial charge on any atom is -1.00 e. The number of halogens is 1. The Bertz CT molecular complexity index is 307. The predicted molar refractivity (Wildman–Crippen MR) is 60.2 cm³/mol. The van der Waals surface area contributed by atoms with Crippen LogP contribution in [0.5, 0.6) is 0 Å². The van der Waals surface area contributed by atoms with E-state index in [2.05, 4.69) is 0 Å². The quantitative estimate of drug-likeness (QED) is 0.538. The largest absolute Gasteiger partial charge is 1.00 e. The van der Waals surface area contributed by atoms with Gasteiger partial charge < -0.3 is 17.0 Å². The summed E-state index contributed by atoms with van der Waals surface area (Å²) in [6.45, 7) is 0. The molecule has 0 saturated carbocycles. The molecule has 0 atom stereocenters. The standard InChI is InChI=1S/C12H15OTe.BrH/c13-12(10-14-8-4-5-9-14)11-6-2-1-3-7-11;/h1-3,6-7H,4-5,8-10H2;1H/q+1;/p-1. The van der Waals surface area contributed by atoms with Crippen molar-refractivity contribution >= 4 is 25.3 Å². The molecule has 1 nitrogen and oxygen atoms in total. The molecular formula is C12H15BrOTe. The van der Waals surface area contributed by atoms with Gasteiger partial charge in [-0.05, 0) is 0 Å². The van der Waals surface area contributed by atoms with Crippen LogP contribution in [0.3, 0.4) is 0 Å². The monoisotopic (exact) mass is 384 g/mol. The second kappa shape index (κ2) is 6.68. The third kappa shape index (κ3) is 3.90. The van der Waals surface area contributed by atoms with Crippen LogP contribution in [0.4, 0.5) is 0 Å². The van der Waals surface area contributed by atoms with Crippen LogP contribution in [-0.4, -0.2) is 25.3 Å². The molecule has 1 aliphatic heterocycles. The van der Waals surface area contributed by atoms with Gasteiger partial charge >= 0.3 is 92.3 Å². The van der Waals surface area contributed by atoms with Crippen molar-refractivity contribution in [3.05, 3.63) is 35.9 Å². The van der Waals surface area contributed by atoms with Gasteiger partial charge in [0.1, 0.15) is 0 Å². The zero-order valence-corrected chi connectivity index (χ0v) is 12.5. The summed E-state index contributed by atoms with van der Waals surface area (Å²) in [5, 5.41) is 0. The topological polar surface area (TPSA) is 17.1 Å². The first-order valence-electron chi connectivity index (χ1n) is 5.08. The summed E-state index contributed by atoms with van der Waals surface area (Å²) in [5.41, 5.74) is 0.917. The summed E-state index contributed by atoms with van der Waals surface area (Å²) in [4.78, 5) is 11.8. The molecule has 0 aromatic heterocycles. The van der Waals surface area contributed by atoms with E-state index in [0.29, 0.717) is 5.78 Å². The summed E-state index contributed by atoms with van der Waals surface area (Å²) in [7, 11) is 0. The molecule has 3 heteroatoms. The van der Waals surface area contributed by atoms with Gasteiger partial charge in [0.2, 0.25) is 0 Å². The zero-order valence-electron chi connectivity index (χ0n) is 8.62. The van der Waals surface area contributed by atoms with Crippen LogP contribution in [0, 0.1) is 0 Å². The summed E-state index contributed by atoms with van der Waals surface area (Å²) in [6.07, 6.45) is 2.78. The van der Waals surface area contributed by atoms with Crippen molar-refractivity contribution in [2.24, 2.45) is 0 Å². The van der Waals surface area contributed by atoms with E-state index < -0.39 is 19.6 Å². The van der Waals surface area contributed by atoms with Gasteiger partial charge in [-0.25, -0.2) is 0 Å². The van der Waals surface area contributed by atoms with Crippen molar-refractivity contribution in [1.29, 1.82) is 0 Å². The van der Waals surface area contributed by atoms with E-state index in [1.54, 1.807) is 0 Å². The first-order valence-corrected chi connectivity index (χ1v) is 10.0. The molecule has 2 rings (SSSR count). The van der Waals surface area contributed by atoms with Crippen molar-refractivity contribution < 1.29 is 21.8 Å². The van der Waals surface area contributed by atoms with Gasteiger partial charge in [0.05, 0.1) is 0 Å². The molecule has 82 valence electrons. The smallest absolute Gasteiger partial charge is 1.00 e. The number of hydrogen-bond acceptors (Lipinski definition) is 1. The number of rotatable bonds is 3. The van der Waals surface area contributed by atoms with E-state index in [1.807, 2.05) is 30.3 Å². The summed E-state index contributed by atoms with van der Waals surface area (Å²) < 4.78 is 3.76. The molecule has 1 saturated heterocycles. The second-order valence-electron chi connectivity index (χ2n) is 3.66. The van der Waals surface area contributed by atoms with Crippen LogP contribution in [-0.2, 0) is 0 Å². The van der Waals surface area contributed by atoms with Crippen molar-refractivity contribution in [3.63, 3.8) is 0 Å². The Morgan fingerprint density at radius 1 is 1.13 bits per heavy atom. The fourth-order valence-corrected chi connectivity index (χ4v) is 8.19. The average Bonchev–Trinajstić information content (AvgIpc) is 2.72. The van der Waals surface area contributed by atoms with E-state index in [-0.39, 0.29) is 17.0 Å². The van der Waals surface area contributed by atoms with Crippen LogP contribution in [0.2, 0.25) is 13.4 Å². The Balaban J connectivity index is 0.00000112. The fourth-order valence-electron chi connectivity index (χ4n) is 1.75. The van der Waals surface area contributed by atoms with Gasteiger partial charge in [-0.15, -0.1) is 0 Å². The van der Waals surface area contributed by atoms with Crippen molar-refractivity contribution in [2.75, 3.05) is 0 Å². The Labute approximate surface area is 109 Å². The number of benzene rings is 1. The molecule has 0 amide bonds. The maximum atomic E-state index is 11.8. The predicted octanol–water partition coefficient (Wildman–Crippen LogP) is 0.162. The first-order chi connectivity index (χ1) is 6.86. The molecule has 0 unspecified atom stereocenters. The van der Waals surface area contributed by atoms with Crippen LogP contribution in [0.25, 0.3) is 0 Å². The minimum absolute atomic E-state index is 0. The number of Topliss-reactive ketones (excluding diaryl/α,β-unsaturated/α-hetero) is 1. The molecule has 1 aromatic rings. The number of ketones is 1. The third-order valence-corrected chi connectivity index (χ3v) is 9.40. The number of carbonyl (C=O) groups excluding carboxylic acids is 1. The van der Waals surface area contributed by atoms with Crippen LogP contribution >= 0.6 is 0 Å². The Morgan fingerprint density at radius 3 is 2.33 bits per heavy atom. The van der Waals surface area contributed by atoms with Gasteiger partial charge in [-0.2, -0.15) is 0 Å². The van der Waals surface area contributed by atoms with Crippen LogP contribution in [0.15, 0.2) is 30.3 Å². The minimum atomic E-state index is -0.952. The van der Waals surface area contributed by atoms with E-state index in [9.17, 15) is 4.79 Å². The normalized spacial score (nSPS) is 16.0. The van der Waals surface area contributed by atoms with E-state index in [0.717, 1.165) is 10.0 Å². The third-order valence-electron chi connectivity index (χ3n) is 2.55. The number of carbonyl (C=O) groups is 1. The zero-order chi connectivity index (χ0) is 9.80. The summed E-state index contributed by atoms with van der Waals surface area (Å²) >= 11 is -0.952. The van der Waals surface area contributed by atoms with Gasteiger partial charge in [-0.1, -0.05) is 0 Å². The maximum absolute atomic E-state index is 11.8.